The molecule has 124 valence electrons. The second-order valence-electron chi connectivity index (χ2n) is 5.28. The number of anilines is 1. The molecule has 0 heterocycles. The molecule has 1 aromatic rings. The first-order chi connectivity index (χ1) is 10.7. The minimum atomic E-state index is -0.0589. The molecular weight excluding hydrogens is 298 g/mol. The van der Waals surface area contributed by atoms with Gasteiger partial charge in [-0.05, 0) is 30.4 Å². The Morgan fingerprint density at radius 3 is 2.27 bits per heavy atom. The van der Waals surface area contributed by atoms with Crippen LogP contribution < -0.4 is 4.90 Å². The Kier molecular flexibility index (Phi) is 9.17. The standard InChI is InChI=1S/C18H28ClNO2/c1-4-7-12-22-13-11-20(17(21)14-19)18-15(5-2)9-8-10-16(18)6-3/h8-10H,4-7,11-14H2,1-3H3. The molecule has 1 rings (SSSR count). The van der Waals surface area contributed by atoms with Gasteiger partial charge in [-0.1, -0.05) is 45.4 Å². The second-order valence-corrected chi connectivity index (χ2v) is 5.54. The largest absolute Gasteiger partial charge is 0.380 e. The van der Waals surface area contributed by atoms with Gasteiger partial charge in [0, 0.05) is 13.2 Å². The van der Waals surface area contributed by atoms with E-state index in [4.69, 9.17) is 16.3 Å². The van der Waals surface area contributed by atoms with Crippen LogP contribution in [0.25, 0.3) is 0 Å². The lowest BCUT2D eigenvalue weighted by atomic mass is 10.0. The van der Waals surface area contributed by atoms with Gasteiger partial charge in [0.25, 0.3) is 0 Å². The van der Waals surface area contributed by atoms with E-state index >= 15 is 0 Å². The van der Waals surface area contributed by atoms with E-state index in [9.17, 15) is 4.79 Å². The van der Waals surface area contributed by atoms with Gasteiger partial charge in [-0.3, -0.25) is 4.79 Å². The number of para-hydroxylation sites is 1. The van der Waals surface area contributed by atoms with E-state index in [0.717, 1.165) is 38.0 Å². The summed E-state index contributed by atoms with van der Waals surface area (Å²) in [6.07, 6.45) is 3.95. The van der Waals surface area contributed by atoms with Crippen molar-refractivity contribution in [2.45, 2.75) is 46.5 Å². The summed E-state index contributed by atoms with van der Waals surface area (Å²) in [5.74, 6) is -0.0627. The van der Waals surface area contributed by atoms with Crippen LogP contribution in [0.3, 0.4) is 0 Å². The smallest absolute Gasteiger partial charge is 0.242 e. The van der Waals surface area contributed by atoms with Crippen LogP contribution in [0.15, 0.2) is 18.2 Å². The molecule has 0 saturated carbocycles. The Hall–Kier alpha value is -1.06. The molecule has 1 amide bonds. The molecule has 1 aromatic carbocycles. The highest BCUT2D eigenvalue weighted by Crippen LogP contribution is 2.27. The van der Waals surface area contributed by atoms with E-state index in [1.165, 1.54) is 11.1 Å². The van der Waals surface area contributed by atoms with Gasteiger partial charge in [0.15, 0.2) is 0 Å². The van der Waals surface area contributed by atoms with Crippen molar-refractivity contribution in [1.29, 1.82) is 0 Å². The SMILES string of the molecule is CCCCOCCN(C(=O)CCl)c1c(CC)cccc1CC. The summed E-state index contributed by atoms with van der Waals surface area (Å²) in [6, 6.07) is 6.23. The molecule has 0 N–H and O–H groups in total. The Balaban J connectivity index is 2.94. The summed E-state index contributed by atoms with van der Waals surface area (Å²) in [5.41, 5.74) is 3.40. The molecular formula is C18H28ClNO2. The number of benzene rings is 1. The molecule has 4 heteroatoms. The number of amides is 1. The van der Waals surface area contributed by atoms with E-state index in [2.05, 4.69) is 39.0 Å². The van der Waals surface area contributed by atoms with Gasteiger partial charge in [0.2, 0.25) is 5.91 Å². The van der Waals surface area contributed by atoms with Gasteiger partial charge < -0.3 is 9.64 Å². The van der Waals surface area contributed by atoms with Crippen LogP contribution in [-0.2, 0) is 22.4 Å². The topological polar surface area (TPSA) is 29.5 Å². The highest BCUT2D eigenvalue weighted by molar-refractivity contribution is 6.29. The van der Waals surface area contributed by atoms with E-state index < -0.39 is 0 Å². The zero-order valence-electron chi connectivity index (χ0n) is 14.0. The van der Waals surface area contributed by atoms with Gasteiger partial charge in [-0.2, -0.15) is 0 Å². The summed E-state index contributed by atoms with van der Waals surface area (Å²) in [4.78, 5) is 14.1. The van der Waals surface area contributed by atoms with Crippen molar-refractivity contribution in [3.63, 3.8) is 0 Å². The fraction of sp³-hybridized carbons (Fsp3) is 0.611. The van der Waals surface area contributed by atoms with Gasteiger partial charge in [-0.15, -0.1) is 11.6 Å². The van der Waals surface area contributed by atoms with E-state index in [0.29, 0.717) is 13.2 Å². The summed E-state index contributed by atoms with van der Waals surface area (Å²) in [5, 5.41) is 0. The normalized spacial score (nSPS) is 10.7. The summed E-state index contributed by atoms with van der Waals surface area (Å²) in [6.45, 7) is 8.20. The Labute approximate surface area is 139 Å². The highest BCUT2D eigenvalue weighted by atomic mass is 35.5. The molecule has 22 heavy (non-hydrogen) atoms. The average Bonchev–Trinajstić information content (AvgIpc) is 2.57. The van der Waals surface area contributed by atoms with Crippen LogP contribution in [0.2, 0.25) is 0 Å². The monoisotopic (exact) mass is 325 g/mol. The number of rotatable bonds is 10. The molecule has 0 radical (unpaired) electrons. The number of nitrogens with zero attached hydrogens (tertiary/aromatic N) is 1. The molecule has 0 atom stereocenters. The Bertz CT molecular complexity index is 440. The average molecular weight is 326 g/mol. The third kappa shape index (κ3) is 5.29. The van der Waals surface area contributed by atoms with Crippen molar-refractivity contribution in [3.05, 3.63) is 29.3 Å². The van der Waals surface area contributed by atoms with Gasteiger partial charge in [-0.25, -0.2) is 0 Å². The third-order valence-corrected chi connectivity index (χ3v) is 3.98. The van der Waals surface area contributed by atoms with Crippen molar-refractivity contribution in [1.82, 2.24) is 0 Å². The van der Waals surface area contributed by atoms with Crippen LogP contribution >= 0.6 is 11.6 Å². The summed E-state index contributed by atoms with van der Waals surface area (Å²) < 4.78 is 5.63. The number of unbranched alkanes of at least 4 members (excludes halogenated alkanes) is 1. The lowest BCUT2D eigenvalue weighted by Gasteiger charge is -2.27. The maximum absolute atomic E-state index is 12.3. The lowest BCUT2D eigenvalue weighted by Crippen LogP contribution is -2.36. The maximum atomic E-state index is 12.3. The first-order valence-corrected chi connectivity index (χ1v) is 8.77. The minimum Gasteiger partial charge on any atom is -0.380 e. The molecule has 0 bridgehead atoms. The molecule has 0 aromatic heterocycles. The fourth-order valence-corrected chi connectivity index (χ4v) is 2.64. The summed E-state index contributed by atoms with van der Waals surface area (Å²) >= 11 is 5.82. The molecule has 0 aliphatic rings. The first-order valence-electron chi connectivity index (χ1n) is 8.24. The number of hydrogen-bond donors (Lipinski definition) is 0. The molecule has 0 spiro atoms. The maximum Gasteiger partial charge on any atom is 0.242 e. The molecule has 3 nitrogen and oxygen atoms in total. The number of alkyl halides is 1. The number of ether oxygens (including phenoxy) is 1. The zero-order chi connectivity index (χ0) is 16.4. The van der Waals surface area contributed by atoms with Gasteiger partial charge in [0.1, 0.15) is 5.88 Å². The number of aryl methyl sites for hydroxylation is 2. The van der Waals surface area contributed by atoms with Gasteiger partial charge >= 0.3 is 0 Å². The van der Waals surface area contributed by atoms with Crippen LogP contribution in [0.5, 0.6) is 0 Å². The number of carbonyl (C=O) groups is 1. The van der Waals surface area contributed by atoms with Crippen molar-refractivity contribution in [2.75, 3.05) is 30.5 Å². The predicted octanol–water partition coefficient (Wildman–Crippen LogP) is 4.20. The zero-order valence-corrected chi connectivity index (χ0v) is 14.8. The second kappa shape index (κ2) is 10.6. The van der Waals surface area contributed by atoms with E-state index in [1.54, 1.807) is 4.90 Å². The molecule has 0 aliphatic heterocycles. The van der Waals surface area contributed by atoms with Crippen molar-refractivity contribution in [3.8, 4) is 0 Å². The molecule has 0 saturated heterocycles. The van der Waals surface area contributed by atoms with Crippen molar-refractivity contribution < 1.29 is 9.53 Å². The van der Waals surface area contributed by atoms with E-state index in [-0.39, 0.29) is 11.8 Å². The molecule has 0 aliphatic carbocycles. The number of carbonyl (C=O) groups excluding carboxylic acids is 1. The van der Waals surface area contributed by atoms with Crippen molar-refractivity contribution >= 4 is 23.2 Å². The Morgan fingerprint density at radius 2 is 1.77 bits per heavy atom. The first kappa shape index (κ1) is 19.0. The minimum absolute atomic E-state index is 0.00381. The molecule has 0 unspecified atom stereocenters. The van der Waals surface area contributed by atoms with E-state index in [1.807, 2.05) is 0 Å². The van der Waals surface area contributed by atoms with Crippen molar-refractivity contribution in [2.24, 2.45) is 0 Å². The predicted molar refractivity (Wildman–Crippen MR) is 94.0 cm³/mol. The van der Waals surface area contributed by atoms with Crippen LogP contribution in [0.4, 0.5) is 5.69 Å². The lowest BCUT2D eigenvalue weighted by molar-refractivity contribution is -0.116. The Morgan fingerprint density at radius 1 is 1.14 bits per heavy atom. The number of halogens is 1. The molecule has 0 fully saturated rings. The van der Waals surface area contributed by atoms with Crippen LogP contribution in [-0.4, -0.2) is 31.5 Å². The quantitative estimate of drug-likeness (QED) is 0.476. The van der Waals surface area contributed by atoms with Crippen LogP contribution in [0.1, 0.15) is 44.7 Å². The third-order valence-electron chi connectivity index (χ3n) is 3.75. The summed E-state index contributed by atoms with van der Waals surface area (Å²) in [7, 11) is 0. The highest BCUT2D eigenvalue weighted by Gasteiger charge is 2.20. The number of hydrogen-bond acceptors (Lipinski definition) is 2. The van der Waals surface area contributed by atoms with Gasteiger partial charge in [0.05, 0.1) is 12.3 Å². The fourth-order valence-electron chi connectivity index (χ4n) is 2.50. The van der Waals surface area contributed by atoms with Crippen LogP contribution in [0, 0.1) is 0 Å².